The molecule has 0 spiro atoms. The van der Waals surface area contributed by atoms with E-state index in [9.17, 15) is 4.39 Å². The molecule has 0 atom stereocenters. The lowest BCUT2D eigenvalue weighted by Crippen LogP contribution is -2.09. The van der Waals surface area contributed by atoms with Gasteiger partial charge in [0.2, 0.25) is 5.88 Å². The molecule has 0 fully saturated rings. The van der Waals surface area contributed by atoms with Gasteiger partial charge in [-0.3, -0.25) is 0 Å². The Kier molecular flexibility index (Phi) is 4.93. The van der Waals surface area contributed by atoms with Crippen molar-refractivity contribution in [1.82, 2.24) is 4.98 Å². The maximum atomic E-state index is 13.4. The molecule has 0 bridgehead atoms. The van der Waals surface area contributed by atoms with Gasteiger partial charge >= 0.3 is 0 Å². The smallest absolute Gasteiger partial charge is 0.240 e. The first-order valence-electron chi connectivity index (χ1n) is 5.07. The Labute approximate surface area is 137 Å². The fourth-order valence-corrected chi connectivity index (χ4v) is 2.48. The summed E-state index contributed by atoms with van der Waals surface area (Å²) in [6, 6.07) is 3.87. The van der Waals surface area contributed by atoms with Gasteiger partial charge in [-0.2, -0.15) is 4.98 Å². The first kappa shape index (κ1) is 15.6. The zero-order valence-corrected chi connectivity index (χ0v) is 13.4. The number of nitrogens with two attached hydrogens (primary N) is 1. The molecule has 0 unspecified atom stereocenters. The van der Waals surface area contributed by atoms with Crippen LogP contribution in [0, 0.1) is 5.82 Å². The van der Waals surface area contributed by atoms with Crippen molar-refractivity contribution in [2.24, 2.45) is 5.84 Å². The lowest BCUT2D eigenvalue weighted by molar-refractivity contribution is 0.456. The van der Waals surface area contributed by atoms with Crippen molar-refractivity contribution in [2.45, 2.75) is 0 Å². The number of hydrogen-bond donors (Lipinski definition) is 2. The maximum Gasteiger partial charge on any atom is 0.240 e. The van der Waals surface area contributed by atoms with E-state index in [2.05, 4.69) is 26.3 Å². The van der Waals surface area contributed by atoms with Crippen LogP contribution in [-0.4, -0.2) is 4.98 Å². The number of nitrogens with zero attached hydrogens (tertiary/aromatic N) is 1. The average Bonchev–Trinajstić information content (AvgIpc) is 2.38. The number of nitrogen functional groups attached to an aromatic ring is 1. The molecule has 0 radical (unpaired) electrons. The van der Waals surface area contributed by atoms with Crippen LogP contribution in [0.2, 0.25) is 15.1 Å². The van der Waals surface area contributed by atoms with Gasteiger partial charge in [-0.25, -0.2) is 10.2 Å². The number of aromatic nitrogens is 1. The molecule has 9 heteroatoms. The number of benzene rings is 1. The highest BCUT2D eigenvalue weighted by Crippen LogP contribution is 2.37. The molecular weight excluding hydrogens is 395 g/mol. The van der Waals surface area contributed by atoms with E-state index in [1.54, 1.807) is 0 Å². The second-order valence-corrected chi connectivity index (χ2v) is 5.62. The summed E-state index contributed by atoms with van der Waals surface area (Å²) in [7, 11) is 0. The molecule has 0 saturated heterocycles. The number of hydrazine groups is 1. The predicted molar refractivity (Wildman–Crippen MR) is 81.3 cm³/mol. The van der Waals surface area contributed by atoms with E-state index >= 15 is 0 Å². The van der Waals surface area contributed by atoms with E-state index in [1.807, 2.05) is 0 Å². The molecule has 0 aliphatic rings. The van der Waals surface area contributed by atoms with Crippen LogP contribution >= 0.6 is 50.7 Å². The molecule has 3 N–H and O–H groups in total. The van der Waals surface area contributed by atoms with Crippen LogP contribution in [0.4, 0.5) is 10.2 Å². The fraction of sp³-hybridized carbons (Fsp3) is 0. The van der Waals surface area contributed by atoms with Gasteiger partial charge in [-0.1, -0.05) is 34.8 Å². The summed E-state index contributed by atoms with van der Waals surface area (Å²) in [5, 5.41) is 0.339. The van der Waals surface area contributed by atoms with Crippen LogP contribution in [0.15, 0.2) is 22.7 Å². The third-order valence-electron chi connectivity index (χ3n) is 2.22. The molecule has 20 heavy (non-hydrogen) atoms. The van der Waals surface area contributed by atoms with E-state index < -0.39 is 5.82 Å². The summed E-state index contributed by atoms with van der Waals surface area (Å²) in [6.07, 6.45) is 0. The minimum atomic E-state index is -0.632. The zero-order chi connectivity index (χ0) is 14.9. The normalized spacial score (nSPS) is 10.5. The molecule has 0 aliphatic carbocycles. The highest BCUT2D eigenvalue weighted by Gasteiger charge is 2.14. The van der Waals surface area contributed by atoms with Gasteiger partial charge in [0.15, 0.2) is 5.82 Å². The minimum Gasteiger partial charge on any atom is -0.436 e. The van der Waals surface area contributed by atoms with Crippen molar-refractivity contribution in [3.8, 4) is 11.6 Å². The molecule has 1 heterocycles. The molecule has 2 aromatic rings. The minimum absolute atomic E-state index is 0.0199. The molecule has 0 aliphatic heterocycles. The number of hydrogen-bond acceptors (Lipinski definition) is 4. The number of halogens is 5. The number of rotatable bonds is 3. The quantitative estimate of drug-likeness (QED) is 0.431. The molecule has 4 nitrogen and oxygen atoms in total. The summed E-state index contributed by atoms with van der Waals surface area (Å²) in [5.41, 5.74) is 2.30. The summed E-state index contributed by atoms with van der Waals surface area (Å²) in [6.45, 7) is 0. The first-order chi connectivity index (χ1) is 9.42. The number of pyridine rings is 1. The lowest BCUT2D eigenvalue weighted by Gasteiger charge is -2.11. The van der Waals surface area contributed by atoms with E-state index in [-0.39, 0.29) is 32.5 Å². The second kappa shape index (κ2) is 6.32. The molecule has 0 amide bonds. The van der Waals surface area contributed by atoms with Gasteiger partial charge in [0.25, 0.3) is 0 Å². The number of anilines is 1. The Bertz CT molecular complexity index is 672. The highest BCUT2D eigenvalue weighted by molar-refractivity contribution is 9.10. The third-order valence-corrected chi connectivity index (χ3v) is 3.68. The summed E-state index contributed by atoms with van der Waals surface area (Å²) in [5.74, 6) is 4.98. The average molecular weight is 401 g/mol. The molecule has 1 aromatic carbocycles. The van der Waals surface area contributed by atoms with Gasteiger partial charge in [-0.05, 0) is 28.1 Å². The summed E-state index contributed by atoms with van der Waals surface area (Å²) >= 11 is 20.6. The standard InChI is InChI=1S/C11H6BrCl3FN3O/c12-4-1-5(13)8(16)3-9(4)20-11-7(15)2-6(14)10(18-11)19-17/h1-3H,17H2,(H,18,19). The van der Waals surface area contributed by atoms with Crippen molar-refractivity contribution in [3.05, 3.63) is 43.6 Å². The van der Waals surface area contributed by atoms with Crippen LogP contribution in [0.1, 0.15) is 0 Å². The van der Waals surface area contributed by atoms with Crippen LogP contribution in [0.3, 0.4) is 0 Å². The van der Waals surface area contributed by atoms with Crippen molar-refractivity contribution < 1.29 is 9.13 Å². The first-order valence-corrected chi connectivity index (χ1v) is 7.00. The van der Waals surface area contributed by atoms with Gasteiger partial charge in [-0.15, -0.1) is 0 Å². The highest BCUT2D eigenvalue weighted by atomic mass is 79.9. The Hall–Kier alpha value is -0.790. The van der Waals surface area contributed by atoms with Crippen LogP contribution in [0.25, 0.3) is 0 Å². The zero-order valence-electron chi connectivity index (χ0n) is 9.55. The monoisotopic (exact) mass is 399 g/mol. The van der Waals surface area contributed by atoms with Gasteiger partial charge in [0.05, 0.1) is 14.5 Å². The Morgan fingerprint density at radius 1 is 1.15 bits per heavy atom. The van der Waals surface area contributed by atoms with Gasteiger partial charge in [0, 0.05) is 6.07 Å². The third kappa shape index (κ3) is 3.27. The maximum absolute atomic E-state index is 13.4. The van der Waals surface area contributed by atoms with E-state index in [0.717, 1.165) is 6.07 Å². The van der Waals surface area contributed by atoms with E-state index in [1.165, 1.54) is 12.1 Å². The predicted octanol–water partition coefficient (Wildman–Crippen LogP) is 5.02. The molecule has 0 saturated carbocycles. The van der Waals surface area contributed by atoms with Crippen molar-refractivity contribution in [1.29, 1.82) is 0 Å². The number of nitrogens with one attached hydrogen (secondary N) is 1. The molecule has 2 rings (SSSR count). The van der Waals surface area contributed by atoms with Gasteiger partial charge < -0.3 is 10.2 Å². The summed E-state index contributed by atoms with van der Waals surface area (Å²) < 4.78 is 19.3. The Balaban J connectivity index is 2.42. The fourth-order valence-electron chi connectivity index (χ4n) is 1.31. The summed E-state index contributed by atoms with van der Waals surface area (Å²) in [4.78, 5) is 3.98. The van der Waals surface area contributed by atoms with Crippen molar-refractivity contribution in [2.75, 3.05) is 5.43 Å². The topological polar surface area (TPSA) is 60.2 Å². The SMILES string of the molecule is NNc1nc(Oc2cc(F)c(Cl)cc2Br)c(Cl)cc1Cl. The van der Waals surface area contributed by atoms with Crippen molar-refractivity contribution in [3.63, 3.8) is 0 Å². The lowest BCUT2D eigenvalue weighted by atomic mass is 10.3. The van der Waals surface area contributed by atoms with Crippen LogP contribution in [-0.2, 0) is 0 Å². The molecule has 106 valence electrons. The van der Waals surface area contributed by atoms with Crippen molar-refractivity contribution >= 4 is 56.6 Å². The van der Waals surface area contributed by atoms with E-state index in [0.29, 0.717) is 4.47 Å². The van der Waals surface area contributed by atoms with Crippen LogP contribution in [0.5, 0.6) is 11.6 Å². The second-order valence-electron chi connectivity index (χ2n) is 3.55. The molecule has 1 aromatic heterocycles. The Morgan fingerprint density at radius 2 is 1.85 bits per heavy atom. The van der Waals surface area contributed by atoms with E-state index in [4.69, 9.17) is 45.4 Å². The van der Waals surface area contributed by atoms with Gasteiger partial charge in [0.1, 0.15) is 16.6 Å². The van der Waals surface area contributed by atoms with Crippen LogP contribution < -0.4 is 16.0 Å². The largest absolute Gasteiger partial charge is 0.436 e. The molecular formula is C11H6BrCl3FN3O. The number of ether oxygens (including phenoxy) is 1. The Morgan fingerprint density at radius 3 is 2.50 bits per heavy atom.